The van der Waals surface area contributed by atoms with Crippen LogP contribution >= 0.6 is 0 Å². The van der Waals surface area contributed by atoms with Crippen LogP contribution in [0.15, 0.2) is 5.10 Å². The molecular formula is C16H28N2O2. The Morgan fingerprint density at radius 1 is 1.20 bits per heavy atom. The van der Waals surface area contributed by atoms with Gasteiger partial charge in [0.2, 0.25) is 0 Å². The zero-order chi connectivity index (χ0) is 14.5. The third kappa shape index (κ3) is 1.92. The quantitative estimate of drug-likeness (QED) is 0.745. The molecule has 1 aliphatic heterocycles. The van der Waals surface area contributed by atoms with Gasteiger partial charge in [-0.2, -0.15) is 5.10 Å². The third-order valence-corrected chi connectivity index (χ3v) is 6.15. The lowest BCUT2D eigenvalue weighted by molar-refractivity contribution is -0.0571. The fourth-order valence-electron chi connectivity index (χ4n) is 4.72. The summed E-state index contributed by atoms with van der Waals surface area (Å²) >= 11 is 0. The van der Waals surface area contributed by atoms with E-state index in [1.54, 1.807) is 0 Å². The number of nitrogens with zero attached hydrogens (tertiary/aromatic N) is 2. The largest absolute Gasteiger partial charge is 0.350 e. The summed E-state index contributed by atoms with van der Waals surface area (Å²) < 4.78 is 11.4. The molecule has 3 fully saturated rings. The fraction of sp³-hybridized carbons (Fsp3) is 0.938. The first kappa shape index (κ1) is 14.3. The van der Waals surface area contributed by atoms with Crippen molar-refractivity contribution < 1.29 is 9.47 Å². The monoisotopic (exact) mass is 280 g/mol. The van der Waals surface area contributed by atoms with E-state index in [0.29, 0.717) is 17.3 Å². The molecule has 3 unspecified atom stereocenters. The molecule has 3 rings (SSSR count). The molecule has 1 saturated heterocycles. The van der Waals surface area contributed by atoms with E-state index >= 15 is 0 Å². The van der Waals surface area contributed by atoms with E-state index in [4.69, 9.17) is 14.6 Å². The highest BCUT2D eigenvalue weighted by Gasteiger charge is 2.64. The maximum Gasteiger partial charge on any atom is 0.158 e. The molecule has 1 heterocycles. The van der Waals surface area contributed by atoms with Gasteiger partial charge in [-0.3, -0.25) is 0 Å². The molecule has 20 heavy (non-hydrogen) atoms. The van der Waals surface area contributed by atoms with Gasteiger partial charge in [0, 0.05) is 37.6 Å². The Kier molecular flexibility index (Phi) is 3.37. The maximum atomic E-state index is 5.69. The van der Waals surface area contributed by atoms with Crippen molar-refractivity contribution in [3.63, 3.8) is 0 Å². The highest BCUT2D eigenvalue weighted by Crippen LogP contribution is 2.67. The van der Waals surface area contributed by atoms with Crippen LogP contribution in [0.4, 0.5) is 0 Å². The molecule has 3 atom stereocenters. The van der Waals surface area contributed by atoms with Crippen LogP contribution in [0, 0.1) is 22.7 Å². The summed E-state index contributed by atoms with van der Waals surface area (Å²) in [6, 6.07) is 0. The number of hydrogen-bond acceptors (Lipinski definition) is 4. The summed E-state index contributed by atoms with van der Waals surface area (Å²) in [7, 11) is 4.05. The summed E-state index contributed by atoms with van der Waals surface area (Å²) in [5.74, 6) is 1.22. The molecule has 0 aromatic heterocycles. The predicted octanol–water partition coefficient (Wildman–Crippen LogP) is 2.74. The van der Waals surface area contributed by atoms with E-state index in [0.717, 1.165) is 19.6 Å². The second-order valence-corrected chi connectivity index (χ2v) is 7.54. The third-order valence-electron chi connectivity index (χ3n) is 6.15. The van der Waals surface area contributed by atoms with Gasteiger partial charge in [-0.1, -0.05) is 20.8 Å². The Hall–Kier alpha value is -0.610. The summed E-state index contributed by atoms with van der Waals surface area (Å²) in [6.07, 6.45) is 3.52. The molecule has 0 radical (unpaired) electrons. The minimum absolute atomic E-state index is 0.0221. The molecule has 114 valence electrons. The topological polar surface area (TPSA) is 34.1 Å². The van der Waals surface area contributed by atoms with Gasteiger partial charge in [0.15, 0.2) is 6.29 Å². The summed E-state index contributed by atoms with van der Waals surface area (Å²) in [5.41, 5.74) is 1.93. The molecule has 4 heteroatoms. The molecule has 0 spiro atoms. The van der Waals surface area contributed by atoms with Crippen molar-refractivity contribution >= 4 is 5.71 Å². The van der Waals surface area contributed by atoms with Crippen molar-refractivity contribution in [2.45, 2.75) is 46.3 Å². The maximum absolute atomic E-state index is 5.69. The zero-order valence-electron chi connectivity index (χ0n) is 13.5. The van der Waals surface area contributed by atoms with Crippen LogP contribution in [0.25, 0.3) is 0 Å². The summed E-state index contributed by atoms with van der Waals surface area (Å²) in [6.45, 7) is 8.73. The lowest BCUT2D eigenvalue weighted by Gasteiger charge is -2.35. The highest BCUT2D eigenvalue weighted by molar-refractivity contribution is 5.96. The van der Waals surface area contributed by atoms with Crippen LogP contribution in [0.1, 0.15) is 40.0 Å². The molecule has 0 aromatic rings. The average molecular weight is 280 g/mol. The van der Waals surface area contributed by atoms with Gasteiger partial charge >= 0.3 is 0 Å². The van der Waals surface area contributed by atoms with Crippen LogP contribution in [-0.2, 0) is 9.47 Å². The number of ether oxygens (including phenoxy) is 2. The first-order valence-electron chi connectivity index (χ1n) is 7.86. The van der Waals surface area contributed by atoms with Crippen molar-refractivity contribution in [3.8, 4) is 0 Å². The fourth-order valence-corrected chi connectivity index (χ4v) is 4.72. The van der Waals surface area contributed by atoms with Crippen molar-refractivity contribution in [2.75, 3.05) is 27.3 Å². The van der Waals surface area contributed by atoms with E-state index in [9.17, 15) is 0 Å². The summed E-state index contributed by atoms with van der Waals surface area (Å²) in [4.78, 5) is 0. The van der Waals surface area contributed by atoms with E-state index < -0.39 is 0 Å². The molecule has 0 N–H and O–H groups in total. The molecule has 2 saturated carbocycles. The zero-order valence-corrected chi connectivity index (χ0v) is 13.5. The van der Waals surface area contributed by atoms with Gasteiger partial charge in [0.25, 0.3) is 0 Å². The minimum atomic E-state index is -0.0221. The van der Waals surface area contributed by atoms with Gasteiger partial charge in [-0.15, -0.1) is 0 Å². The number of rotatable bonds is 3. The van der Waals surface area contributed by atoms with Crippen molar-refractivity contribution in [2.24, 2.45) is 27.8 Å². The van der Waals surface area contributed by atoms with Crippen LogP contribution in [0.3, 0.4) is 0 Å². The van der Waals surface area contributed by atoms with E-state index in [2.05, 4.69) is 20.8 Å². The average Bonchev–Trinajstić information content (AvgIpc) is 2.96. The summed E-state index contributed by atoms with van der Waals surface area (Å²) in [5, 5.41) is 6.85. The lowest BCUT2D eigenvalue weighted by atomic mass is 9.70. The standard InChI is InChI=1S/C16H28N2O2/c1-15(2)12-6-7-16(15,3)14(17-18(4)5)11(12)10-13-19-8-9-20-13/h11-13H,6-10H2,1-5H3/b17-14-. The van der Waals surface area contributed by atoms with E-state index in [1.165, 1.54) is 18.6 Å². The number of hydrazone groups is 1. The number of hydrogen-bond donors (Lipinski definition) is 0. The van der Waals surface area contributed by atoms with E-state index in [-0.39, 0.29) is 11.7 Å². The van der Waals surface area contributed by atoms with Crippen LogP contribution < -0.4 is 0 Å². The van der Waals surface area contributed by atoms with Gasteiger partial charge in [0.05, 0.1) is 13.2 Å². The SMILES string of the molecule is CN(C)/N=C1/C(CC2OCCO2)C2CCC1(C)C2(C)C. The van der Waals surface area contributed by atoms with Crippen LogP contribution in [0.2, 0.25) is 0 Å². The molecule has 0 amide bonds. The molecule has 3 aliphatic rings. The first-order valence-corrected chi connectivity index (χ1v) is 7.86. The van der Waals surface area contributed by atoms with Crippen LogP contribution in [0.5, 0.6) is 0 Å². The Bertz CT molecular complexity index is 413. The molecular weight excluding hydrogens is 252 g/mol. The first-order chi connectivity index (χ1) is 9.36. The molecule has 4 nitrogen and oxygen atoms in total. The predicted molar refractivity (Wildman–Crippen MR) is 79.5 cm³/mol. The molecule has 0 aromatic carbocycles. The van der Waals surface area contributed by atoms with Gasteiger partial charge < -0.3 is 14.5 Å². The number of fused-ring (bicyclic) bond motifs is 2. The second kappa shape index (κ2) is 4.70. The van der Waals surface area contributed by atoms with Crippen molar-refractivity contribution in [3.05, 3.63) is 0 Å². The molecule has 2 aliphatic carbocycles. The van der Waals surface area contributed by atoms with Crippen molar-refractivity contribution in [1.82, 2.24) is 5.01 Å². The lowest BCUT2D eigenvalue weighted by Crippen LogP contribution is -2.35. The highest BCUT2D eigenvalue weighted by atomic mass is 16.7. The normalized spacial score (nSPS) is 41.8. The molecule has 2 bridgehead atoms. The van der Waals surface area contributed by atoms with Gasteiger partial charge in [-0.25, -0.2) is 0 Å². The Morgan fingerprint density at radius 3 is 2.45 bits per heavy atom. The van der Waals surface area contributed by atoms with Crippen LogP contribution in [-0.4, -0.2) is 44.3 Å². The smallest absolute Gasteiger partial charge is 0.158 e. The van der Waals surface area contributed by atoms with Gasteiger partial charge in [-0.05, 0) is 24.2 Å². The van der Waals surface area contributed by atoms with E-state index in [1.807, 2.05) is 19.1 Å². The van der Waals surface area contributed by atoms with Crippen molar-refractivity contribution in [1.29, 1.82) is 0 Å². The Balaban J connectivity index is 1.91. The second-order valence-electron chi connectivity index (χ2n) is 7.54. The Labute approximate surface area is 122 Å². The minimum Gasteiger partial charge on any atom is -0.350 e. The Morgan fingerprint density at radius 2 is 1.85 bits per heavy atom. The van der Waals surface area contributed by atoms with Gasteiger partial charge in [0.1, 0.15) is 0 Å².